The number of fused-ring (bicyclic) bond motifs is 1. The van der Waals surface area contributed by atoms with Crippen molar-refractivity contribution in [3.8, 4) is 5.75 Å². The van der Waals surface area contributed by atoms with E-state index in [2.05, 4.69) is 10.2 Å². The average Bonchev–Trinajstić information content (AvgIpc) is 2.75. The van der Waals surface area contributed by atoms with E-state index in [-0.39, 0.29) is 11.3 Å². The minimum Gasteiger partial charge on any atom is -0.493 e. The second-order valence-electron chi connectivity index (χ2n) is 3.62. The Labute approximate surface area is 97.2 Å². The van der Waals surface area contributed by atoms with Gasteiger partial charge in [0.1, 0.15) is 5.75 Å². The molecule has 0 radical (unpaired) electrons. The zero-order valence-corrected chi connectivity index (χ0v) is 9.15. The normalized spacial score (nSPS) is 18.9. The molecule has 0 amide bonds. The van der Waals surface area contributed by atoms with E-state index in [1.165, 1.54) is 0 Å². The second-order valence-corrected chi connectivity index (χ2v) is 3.94. The summed E-state index contributed by atoms with van der Waals surface area (Å²) in [6, 6.07) is 7.87. The predicted molar refractivity (Wildman–Crippen MR) is 57.7 cm³/mol. The smallest absolute Gasteiger partial charge is 0.312 e. The Morgan fingerprint density at radius 1 is 1.25 bits per heavy atom. The molecule has 1 aromatic carbocycles. The Morgan fingerprint density at radius 2 is 2.12 bits per heavy atom. The van der Waals surface area contributed by atoms with Crippen molar-refractivity contribution in [3.05, 3.63) is 41.1 Å². The van der Waals surface area contributed by atoms with Gasteiger partial charge in [-0.25, -0.2) is 0 Å². The van der Waals surface area contributed by atoms with E-state index in [1.54, 1.807) is 0 Å². The highest BCUT2D eigenvalue weighted by Crippen LogP contribution is 2.37. The largest absolute Gasteiger partial charge is 0.493 e. The molecular weight excluding hydrogens is 228 g/mol. The number of halogens is 1. The molecule has 0 N–H and O–H groups in total. The van der Waals surface area contributed by atoms with Gasteiger partial charge in [0.25, 0.3) is 0 Å². The van der Waals surface area contributed by atoms with Crippen LogP contribution < -0.4 is 4.74 Å². The summed E-state index contributed by atoms with van der Waals surface area (Å²) in [6.45, 7) is 0.654. The topological polar surface area (TPSA) is 48.2 Å². The van der Waals surface area contributed by atoms with Crippen LogP contribution in [0.25, 0.3) is 0 Å². The van der Waals surface area contributed by atoms with E-state index in [9.17, 15) is 0 Å². The first-order chi connectivity index (χ1) is 7.84. The van der Waals surface area contributed by atoms with Crippen molar-refractivity contribution in [1.29, 1.82) is 0 Å². The van der Waals surface area contributed by atoms with Gasteiger partial charge in [0.15, 0.2) is 0 Å². The summed E-state index contributed by atoms with van der Waals surface area (Å²) >= 11 is 5.64. The van der Waals surface area contributed by atoms with Crippen molar-refractivity contribution in [2.45, 2.75) is 12.3 Å². The van der Waals surface area contributed by atoms with Crippen LogP contribution in [0.3, 0.4) is 0 Å². The lowest BCUT2D eigenvalue weighted by atomic mass is 9.93. The Hall–Kier alpha value is -1.55. The summed E-state index contributed by atoms with van der Waals surface area (Å²) < 4.78 is 10.8. The van der Waals surface area contributed by atoms with E-state index in [0.717, 1.165) is 17.7 Å². The van der Waals surface area contributed by atoms with Gasteiger partial charge < -0.3 is 9.15 Å². The van der Waals surface area contributed by atoms with Crippen molar-refractivity contribution in [1.82, 2.24) is 10.2 Å². The van der Waals surface area contributed by atoms with Gasteiger partial charge >= 0.3 is 5.35 Å². The number of hydrogen-bond acceptors (Lipinski definition) is 4. The maximum Gasteiger partial charge on any atom is 0.312 e. The summed E-state index contributed by atoms with van der Waals surface area (Å²) in [5, 5.41) is 7.69. The van der Waals surface area contributed by atoms with Gasteiger partial charge in [0, 0.05) is 5.56 Å². The van der Waals surface area contributed by atoms with Crippen LogP contribution in [0.1, 0.15) is 23.8 Å². The molecular formula is C11H9ClN2O2. The van der Waals surface area contributed by atoms with Crippen LogP contribution in [0.5, 0.6) is 5.75 Å². The molecule has 0 saturated carbocycles. The van der Waals surface area contributed by atoms with E-state index in [4.69, 9.17) is 20.8 Å². The van der Waals surface area contributed by atoms with Crippen molar-refractivity contribution in [2.75, 3.05) is 6.61 Å². The number of rotatable bonds is 1. The molecule has 0 fully saturated rings. The van der Waals surface area contributed by atoms with Crippen LogP contribution >= 0.6 is 11.6 Å². The fraction of sp³-hybridized carbons (Fsp3) is 0.273. The number of aromatic nitrogens is 2. The fourth-order valence-corrected chi connectivity index (χ4v) is 2.07. The van der Waals surface area contributed by atoms with Gasteiger partial charge in [0.05, 0.1) is 12.5 Å². The molecule has 1 unspecified atom stereocenters. The van der Waals surface area contributed by atoms with E-state index >= 15 is 0 Å². The van der Waals surface area contributed by atoms with Gasteiger partial charge in [-0.2, -0.15) is 0 Å². The van der Waals surface area contributed by atoms with Crippen LogP contribution in [0.2, 0.25) is 5.35 Å². The summed E-state index contributed by atoms with van der Waals surface area (Å²) in [5.41, 5.74) is 1.08. The second kappa shape index (κ2) is 3.79. The molecule has 16 heavy (non-hydrogen) atoms. The molecule has 0 bridgehead atoms. The SMILES string of the molecule is Clc1nnc(C2CCOc3ccccc32)o1. The molecule has 2 heterocycles. The zero-order chi connectivity index (χ0) is 11.0. The first kappa shape index (κ1) is 9.66. The lowest BCUT2D eigenvalue weighted by Gasteiger charge is -2.23. The van der Waals surface area contributed by atoms with Gasteiger partial charge in [0.2, 0.25) is 5.89 Å². The lowest BCUT2D eigenvalue weighted by molar-refractivity contribution is 0.265. The standard InChI is InChI=1S/C11H9ClN2O2/c12-11-14-13-10(16-11)8-5-6-15-9-4-2-1-3-7(8)9/h1-4,8H,5-6H2. The molecule has 1 aromatic heterocycles. The number of para-hydroxylation sites is 1. The number of nitrogens with zero attached hydrogens (tertiary/aromatic N) is 2. The van der Waals surface area contributed by atoms with E-state index in [1.807, 2.05) is 24.3 Å². The Morgan fingerprint density at radius 3 is 2.94 bits per heavy atom. The minimum atomic E-state index is 0.0824. The van der Waals surface area contributed by atoms with Crippen LogP contribution in [0.4, 0.5) is 0 Å². The van der Waals surface area contributed by atoms with Crippen molar-refractivity contribution in [3.63, 3.8) is 0 Å². The highest BCUT2D eigenvalue weighted by Gasteiger charge is 2.26. The maximum absolute atomic E-state index is 5.64. The highest BCUT2D eigenvalue weighted by molar-refractivity contribution is 6.27. The molecule has 3 rings (SSSR count). The van der Waals surface area contributed by atoms with Gasteiger partial charge in [-0.1, -0.05) is 23.3 Å². The average molecular weight is 237 g/mol. The first-order valence-corrected chi connectivity index (χ1v) is 5.43. The third-order valence-electron chi connectivity index (χ3n) is 2.67. The van der Waals surface area contributed by atoms with Crippen LogP contribution in [-0.2, 0) is 0 Å². The summed E-state index contributed by atoms with van der Waals surface area (Å²) in [6.07, 6.45) is 0.829. The first-order valence-electron chi connectivity index (χ1n) is 5.05. The molecule has 1 aliphatic heterocycles. The van der Waals surface area contributed by atoms with Gasteiger partial charge in [-0.3, -0.25) is 0 Å². The van der Waals surface area contributed by atoms with Gasteiger partial charge in [-0.15, -0.1) is 5.10 Å². The van der Waals surface area contributed by atoms with Crippen LogP contribution in [0, 0.1) is 0 Å². The van der Waals surface area contributed by atoms with E-state index in [0.29, 0.717) is 12.5 Å². The number of ether oxygens (including phenoxy) is 1. The number of benzene rings is 1. The Bertz CT molecular complexity index is 512. The molecule has 4 nitrogen and oxygen atoms in total. The van der Waals surface area contributed by atoms with Crippen LogP contribution in [0.15, 0.2) is 28.7 Å². The molecule has 5 heteroatoms. The quantitative estimate of drug-likeness (QED) is 0.764. The Balaban J connectivity index is 2.04. The third-order valence-corrected chi connectivity index (χ3v) is 2.83. The monoisotopic (exact) mass is 236 g/mol. The molecule has 2 aromatic rings. The fourth-order valence-electron chi connectivity index (χ4n) is 1.96. The molecule has 1 atom stereocenters. The lowest BCUT2D eigenvalue weighted by Crippen LogP contribution is -2.15. The maximum atomic E-state index is 5.64. The van der Waals surface area contributed by atoms with Crippen molar-refractivity contribution < 1.29 is 9.15 Å². The van der Waals surface area contributed by atoms with Gasteiger partial charge in [-0.05, 0) is 24.1 Å². The molecule has 0 spiro atoms. The third kappa shape index (κ3) is 1.55. The van der Waals surface area contributed by atoms with Crippen LogP contribution in [-0.4, -0.2) is 16.8 Å². The van der Waals surface area contributed by atoms with Crippen molar-refractivity contribution in [2.24, 2.45) is 0 Å². The van der Waals surface area contributed by atoms with E-state index < -0.39 is 0 Å². The zero-order valence-electron chi connectivity index (χ0n) is 8.39. The number of hydrogen-bond donors (Lipinski definition) is 0. The summed E-state index contributed by atoms with van der Waals surface area (Å²) in [4.78, 5) is 0. The summed E-state index contributed by atoms with van der Waals surface area (Å²) in [7, 11) is 0. The molecule has 1 aliphatic rings. The highest BCUT2D eigenvalue weighted by atomic mass is 35.5. The Kier molecular flexibility index (Phi) is 2.29. The molecule has 0 saturated heterocycles. The minimum absolute atomic E-state index is 0.0824. The van der Waals surface area contributed by atoms with Crippen molar-refractivity contribution >= 4 is 11.6 Å². The molecule has 82 valence electrons. The molecule has 0 aliphatic carbocycles. The predicted octanol–water partition coefficient (Wildman–Crippen LogP) is 2.64. The summed E-state index contributed by atoms with van der Waals surface area (Å²) in [5.74, 6) is 1.53.